The first-order valence-electron chi connectivity index (χ1n) is 6.95. The van der Waals surface area contributed by atoms with Crippen LogP contribution in [0.5, 0.6) is 0 Å². The summed E-state index contributed by atoms with van der Waals surface area (Å²) in [4.78, 5) is 11.6. The summed E-state index contributed by atoms with van der Waals surface area (Å²) < 4.78 is 7.10. The number of carbonyl (C=O) groups is 1. The first kappa shape index (κ1) is 14.9. The Kier molecular flexibility index (Phi) is 4.59. The molecule has 1 saturated carbocycles. The molecule has 1 fully saturated rings. The predicted molar refractivity (Wildman–Crippen MR) is 79.0 cm³/mol. The number of ether oxygens (including phenoxy) is 1. The zero-order chi connectivity index (χ0) is 14.0. The zero-order valence-electron chi connectivity index (χ0n) is 12.2. The van der Waals surface area contributed by atoms with Gasteiger partial charge in [-0.2, -0.15) is 0 Å². The molecule has 2 unspecified atom stereocenters. The van der Waals surface area contributed by atoms with Crippen molar-refractivity contribution < 1.29 is 9.53 Å². The average Bonchev–Trinajstić information content (AvgIpc) is 3.08. The summed E-state index contributed by atoms with van der Waals surface area (Å²) in [6, 6.07) is 8.97. The number of esters is 1. The van der Waals surface area contributed by atoms with Crippen LogP contribution in [-0.4, -0.2) is 33.7 Å². The second-order valence-electron chi connectivity index (χ2n) is 6.20. The van der Waals surface area contributed by atoms with E-state index >= 15 is 0 Å². The first-order valence-corrected chi connectivity index (χ1v) is 9.81. The molecule has 0 saturated heterocycles. The van der Waals surface area contributed by atoms with E-state index in [1.807, 2.05) is 6.92 Å². The number of hydrogen-bond acceptors (Lipinski definition) is 2. The van der Waals surface area contributed by atoms with E-state index in [1.54, 1.807) is 0 Å². The Hall–Kier alpha value is -0.511. The van der Waals surface area contributed by atoms with Gasteiger partial charge in [0.15, 0.2) is 0 Å². The molecular formula is C16H22O2Sn. The van der Waals surface area contributed by atoms with Gasteiger partial charge >= 0.3 is 126 Å². The van der Waals surface area contributed by atoms with Gasteiger partial charge in [-0.25, -0.2) is 0 Å². The molecule has 0 aromatic heterocycles. The van der Waals surface area contributed by atoms with Crippen molar-refractivity contribution in [1.82, 2.24) is 0 Å². The summed E-state index contributed by atoms with van der Waals surface area (Å²) in [7, 11) is 0. The molecule has 1 aromatic rings. The molecule has 0 N–H and O–H groups in total. The molecule has 2 nitrogen and oxygen atoms in total. The third kappa shape index (κ3) is 4.23. The summed E-state index contributed by atoms with van der Waals surface area (Å²) in [5.41, 5.74) is 1.30. The van der Waals surface area contributed by atoms with Crippen LogP contribution in [-0.2, 0) is 9.53 Å². The third-order valence-corrected chi connectivity index (χ3v) is 7.15. The molecule has 2 radical (unpaired) electrons. The molecule has 0 spiro atoms. The van der Waals surface area contributed by atoms with Gasteiger partial charge in [0.2, 0.25) is 0 Å². The molecule has 0 amide bonds. The number of benzene rings is 1. The summed E-state index contributed by atoms with van der Waals surface area (Å²) in [5.74, 6) is 0.476. The van der Waals surface area contributed by atoms with Crippen LogP contribution in [0.2, 0.25) is 3.43 Å². The minimum atomic E-state index is -0.514. The normalized spacial score (nSPS) is 22.1. The Bertz CT molecular complexity index is 445. The van der Waals surface area contributed by atoms with Crippen LogP contribution in [0, 0.1) is 5.92 Å². The number of rotatable bonds is 4. The van der Waals surface area contributed by atoms with Crippen LogP contribution in [0.1, 0.15) is 45.6 Å². The fraction of sp³-hybridized carbons (Fsp3) is 0.562. The molecule has 1 aromatic carbocycles. The zero-order valence-corrected chi connectivity index (χ0v) is 15.0. The molecule has 0 aliphatic heterocycles. The Labute approximate surface area is 126 Å². The van der Waals surface area contributed by atoms with Crippen LogP contribution in [0.4, 0.5) is 0 Å². The van der Waals surface area contributed by atoms with Crippen molar-refractivity contribution in [3.8, 4) is 0 Å². The Morgan fingerprint density at radius 1 is 1.32 bits per heavy atom. The van der Waals surface area contributed by atoms with Crippen LogP contribution in [0.25, 0.3) is 0 Å². The van der Waals surface area contributed by atoms with Crippen LogP contribution in [0.15, 0.2) is 24.3 Å². The van der Waals surface area contributed by atoms with Gasteiger partial charge in [-0.05, 0) is 0 Å². The monoisotopic (exact) mass is 366 g/mol. The van der Waals surface area contributed by atoms with Gasteiger partial charge in [0.25, 0.3) is 0 Å². The van der Waals surface area contributed by atoms with Gasteiger partial charge in [-0.1, -0.05) is 0 Å². The van der Waals surface area contributed by atoms with E-state index in [9.17, 15) is 4.79 Å². The number of carbonyl (C=O) groups excluding carboxylic acids is 1. The van der Waals surface area contributed by atoms with Gasteiger partial charge in [0.1, 0.15) is 0 Å². The topological polar surface area (TPSA) is 26.3 Å². The summed E-state index contributed by atoms with van der Waals surface area (Å²) in [6.07, 6.45) is 0.956. The fourth-order valence-electron chi connectivity index (χ4n) is 2.32. The van der Waals surface area contributed by atoms with E-state index in [4.69, 9.17) is 4.74 Å². The van der Waals surface area contributed by atoms with E-state index in [0.717, 1.165) is 6.42 Å². The summed E-state index contributed by atoms with van der Waals surface area (Å²) in [5, 5.41) is 0. The van der Waals surface area contributed by atoms with Gasteiger partial charge in [0, 0.05) is 0 Å². The molecule has 19 heavy (non-hydrogen) atoms. The second kappa shape index (κ2) is 5.86. The summed E-state index contributed by atoms with van der Waals surface area (Å²) >= 11 is -0.514. The average molecular weight is 365 g/mol. The van der Waals surface area contributed by atoms with Gasteiger partial charge in [0.05, 0.1) is 0 Å². The van der Waals surface area contributed by atoms with Crippen molar-refractivity contribution in [3.63, 3.8) is 0 Å². The van der Waals surface area contributed by atoms with E-state index in [2.05, 4.69) is 45.0 Å². The quantitative estimate of drug-likeness (QED) is 0.606. The molecule has 1 aliphatic rings. The standard InChI is InChI=1S/C12H13O2.C4H9.Sn/c1-2-14-12(13)11-8-10(11)9-6-4-3-5-7-9;1-4(2)3;/h4-7,10-11H,2,8H2,1H3;1-3H3;. The Balaban J connectivity index is 1.95. The number of hydrogen-bond donors (Lipinski definition) is 0. The fourth-order valence-corrected chi connectivity index (χ4v) is 5.74. The molecule has 0 bridgehead atoms. The van der Waals surface area contributed by atoms with Gasteiger partial charge in [-0.15, -0.1) is 0 Å². The third-order valence-electron chi connectivity index (χ3n) is 3.24. The predicted octanol–water partition coefficient (Wildman–Crippen LogP) is 2.90. The van der Waals surface area contributed by atoms with Crippen LogP contribution in [0.3, 0.4) is 0 Å². The molecule has 0 heterocycles. The second-order valence-corrected chi connectivity index (χ2v) is 12.8. The van der Waals surface area contributed by atoms with Gasteiger partial charge in [-0.3, -0.25) is 0 Å². The van der Waals surface area contributed by atoms with Crippen molar-refractivity contribution in [2.45, 2.75) is 43.5 Å². The molecule has 1 aliphatic carbocycles. The van der Waals surface area contributed by atoms with E-state index in [-0.39, 0.29) is 11.9 Å². The molecule has 2 atom stereocenters. The Morgan fingerprint density at radius 3 is 2.47 bits per heavy atom. The maximum atomic E-state index is 11.6. The molecule has 2 rings (SSSR count). The Morgan fingerprint density at radius 2 is 1.95 bits per heavy atom. The van der Waals surface area contributed by atoms with Crippen molar-refractivity contribution in [2.75, 3.05) is 6.61 Å². The molecular weight excluding hydrogens is 343 g/mol. The first-order chi connectivity index (χ1) is 8.90. The van der Waals surface area contributed by atoms with Crippen molar-refractivity contribution in [2.24, 2.45) is 5.92 Å². The van der Waals surface area contributed by atoms with Crippen LogP contribution < -0.4 is 3.58 Å². The van der Waals surface area contributed by atoms with Gasteiger partial charge < -0.3 is 0 Å². The molecule has 3 heteroatoms. The van der Waals surface area contributed by atoms with E-state index in [1.165, 1.54) is 9.14 Å². The summed E-state index contributed by atoms with van der Waals surface area (Å²) in [6.45, 7) is 9.32. The van der Waals surface area contributed by atoms with Crippen molar-refractivity contribution in [1.29, 1.82) is 0 Å². The van der Waals surface area contributed by atoms with Crippen molar-refractivity contribution >= 4 is 30.7 Å². The van der Waals surface area contributed by atoms with Crippen LogP contribution >= 0.6 is 0 Å². The SMILES string of the molecule is CCOC(=O)C1CC1c1cc[c]([Sn][C](C)(C)C)cc1. The van der Waals surface area contributed by atoms with Crippen molar-refractivity contribution in [3.05, 3.63) is 29.8 Å². The molecule has 102 valence electrons. The minimum absolute atomic E-state index is 0.0252. The van der Waals surface area contributed by atoms with E-state index < -0.39 is 21.1 Å². The van der Waals surface area contributed by atoms with E-state index in [0.29, 0.717) is 16.0 Å². The maximum absolute atomic E-state index is 11.6.